The molecule has 1 amide bonds. The van der Waals surface area contributed by atoms with Gasteiger partial charge in [0, 0.05) is 12.7 Å². The van der Waals surface area contributed by atoms with E-state index in [0.29, 0.717) is 25.1 Å². The van der Waals surface area contributed by atoms with Crippen LogP contribution in [-0.2, 0) is 9.59 Å². The van der Waals surface area contributed by atoms with Gasteiger partial charge in [-0.1, -0.05) is 0 Å². The van der Waals surface area contributed by atoms with E-state index in [0.717, 1.165) is 0 Å². The van der Waals surface area contributed by atoms with Gasteiger partial charge < -0.3 is 10.0 Å². The van der Waals surface area contributed by atoms with Gasteiger partial charge in [0.2, 0.25) is 5.91 Å². The van der Waals surface area contributed by atoms with Crippen LogP contribution >= 0.6 is 0 Å². The number of piperidine rings is 1. The van der Waals surface area contributed by atoms with Gasteiger partial charge in [-0.3, -0.25) is 14.7 Å². The number of nitrogens with zero attached hydrogens (tertiary/aromatic N) is 2. The molecule has 0 spiro atoms. The molecule has 0 aromatic carbocycles. The molecule has 80 valence electrons. The Bertz CT molecular complexity index is 374. The Labute approximate surface area is 85.9 Å². The predicted molar refractivity (Wildman–Crippen MR) is 51.3 cm³/mol. The minimum atomic E-state index is -1.05. The highest BCUT2D eigenvalue weighted by atomic mass is 16.4. The second-order valence-electron chi connectivity index (χ2n) is 3.48. The molecule has 1 saturated heterocycles. The molecule has 6 heteroatoms. The Kier molecular flexibility index (Phi) is 2.40. The number of aliphatic carboxylic acids is 1. The molecule has 1 aliphatic rings. The number of hydrogen-bond donors (Lipinski definition) is 2. The van der Waals surface area contributed by atoms with Crippen molar-refractivity contribution < 1.29 is 14.7 Å². The zero-order chi connectivity index (χ0) is 10.8. The number of H-pyrrole nitrogens is 1. The third-order valence-corrected chi connectivity index (χ3v) is 2.53. The number of carbonyl (C=O) groups excluding carboxylic acids is 1. The highest BCUT2D eigenvalue weighted by molar-refractivity contribution is 6.06. The molecule has 1 fully saturated rings. The third-order valence-electron chi connectivity index (χ3n) is 2.53. The maximum Gasteiger partial charge on any atom is 0.316 e. The van der Waals surface area contributed by atoms with Crippen LogP contribution in [0.1, 0.15) is 12.8 Å². The van der Waals surface area contributed by atoms with Crippen molar-refractivity contribution in [1.82, 2.24) is 10.2 Å². The highest BCUT2D eigenvalue weighted by Crippen LogP contribution is 2.23. The third kappa shape index (κ3) is 1.70. The van der Waals surface area contributed by atoms with Gasteiger partial charge >= 0.3 is 5.97 Å². The lowest BCUT2D eigenvalue weighted by Crippen LogP contribution is -2.44. The Morgan fingerprint density at radius 1 is 1.67 bits per heavy atom. The predicted octanol–water partition coefficient (Wildman–Crippen LogP) is 0.237. The molecule has 1 unspecified atom stereocenters. The molecule has 0 bridgehead atoms. The first kappa shape index (κ1) is 9.70. The van der Waals surface area contributed by atoms with Crippen LogP contribution in [0.15, 0.2) is 12.4 Å². The lowest BCUT2D eigenvalue weighted by molar-refractivity contribution is -0.147. The number of nitrogens with one attached hydrogen (secondary N) is 1. The standard InChI is InChI=1S/C9H11N3O3/c13-8-7(9(14)15)2-1-3-12(8)6-4-10-11-5-6/h4-5,7H,1-3H2,(H,10,11)(H,14,15). The topological polar surface area (TPSA) is 86.3 Å². The second kappa shape index (κ2) is 3.72. The van der Waals surface area contributed by atoms with E-state index in [2.05, 4.69) is 10.2 Å². The van der Waals surface area contributed by atoms with Crippen molar-refractivity contribution in [3.05, 3.63) is 12.4 Å². The summed E-state index contributed by atoms with van der Waals surface area (Å²) in [7, 11) is 0. The number of amides is 1. The number of anilines is 1. The molecule has 1 aliphatic heterocycles. The van der Waals surface area contributed by atoms with E-state index in [9.17, 15) is 9.59 Å². The fourth-order valence-corrected chi connectivity index (χ4v) is 1.75. The largest absolute Gasteiger partial charge is 0.481 e. The van der Waals surface area contributed by atoms with Crippen LogP contribution in [0.25, 0.3) is 0 Å². The molecule has 15 heavy (non-hydrogen) atoms. The Morgan fingerprint density at radius 3 is 3.07 bits per heavy atom. The molecule has 6 nitrogen and oxygen atoms in total. The van der Waals surface area contributed by atoms with Crippen molar-refractivity contribution in [1.29, 1.82) is 0 Å². The van der Waals surface area contributed by atoms with Gasteiger partial charge in [0.15, 0.2) is 0 Å². The normalized spacial score (nSPS) is 21.7. The van der Waals surface area contributed by atoms with Crippen LogP contribution in [0.2, 0.25) is 0 Å². The number of carbonyl (C=O) groups is 2. The van der Waals surface area contributed by atoms with Gasteiger partial charge in [-0.2, -0.15) is 5.10 Å². The molecule has 0 aliphatic carbocycles. The Balaban J connectivity index is 2.20. The van der Waals surface area contributed by atoms with Crippen molar-refractivity contribution in [3.8, 4) is 0 Å². The second-order valence-corrected chi connectivity index (χ2v) is 3.48. The molecular weight excluding hydrogens is 198 g/mol. The summed E-state index contributed by atoms with van der Waals surface area (Å²) in [4.78, 5) is 24.0. The summed E-state index contributed by atoms with van der Waals surface area (Å²) in [5.74, 6) is -2.31. The molecule has 1 aromatic rings. The lowest BCUT2D eigenvalue weighted by Gasteiger charge is -2.29. The van der Waals surface area contributed by atoms with Crippen LogP contribution in [0.4, 0.5) is 5.69 Å². The molecule has 2 heterocycles. The number of carboxylic acids is 1. The van der Waals surface area contributed by atoms with Gasteiger partial charge in [-0.05, 0) is 12.8 Å². The van der Waals surface area contributed by atoms with E-state index in [1.807, 2.05) is 0 Å². The lowest BCUT2D eigenvalue weighted by atomic mass is 9.97. The smallest absolute Gasteiger partial charge is 0.316 e. The average molecular weight is 209 g/mol. The molecule has 0 radical (unpaired) electrons. The Morgan fingerprint density at radius 2 is 2.47 bits per heavy atom. The summed E-state index contributed by atoms with van der Waals surface area (Å²) in [6.45, 7) is 0.558. The highest BCUT2D eigenvalue weighted by Gasteiger charge is 2.34. The average Bonchev–Trinajstić information content (AvgIpc) is 2.70. The minimum absolute atomic E-state index is 0.352. The van der Waals surface area contributed by atoms with Gasteiger partial charge in [0.1, 0.15) is 5.92 Å². The summed E-state index contributed by atoms with van der Waals surface area (Å²) in [6.07, 6.45) is 4.22. The first-order chi connectivity index (χ1) is 7.20. The zero-order valence-electron chi connectivity index (χ0n) is 8.01. The van der Waals surface area contributed by atoms with E-state index in [1.165, 1.54) is 11.1 Å². The number of hydrogen-bond acceptors (Lipinski definition) is 3. The van der Waals surface area contributed by atoms with Gasteiger partial charge in [-0.25, -0.2) is 0 Å². The van der Waals surface area contributed by atoms with Crippen LogP contribution in [0, 0.1) is 5.92 Å². The minimum Gasteiger partial charge on any atom is -0.481 e. The quantitative estimate of drug-likeness (QED) is 0.683. The van der Waals surface area contributed by atoms with Crippen molar-refractivity contribution in [2.45, 2.75) is 12.8 Å². The summed E-state index contributed by atoms with van der Waals surface area (Å²) in [6, 6.07) is 0. The fourth-order valence-electron chi connectivity index (χ4n) is 1.75. The molecular formula is C9H11N3O3. The summed E-state index contributed by atoms with van der Waals surface area (Å²) in [5, 5.41) is 15.2. The first-order valence-corrected chi connectivity index (χ1v) is 4.73. The van der Waals surface area contributed by atoms with E-state index >= 15 is 0 Å². The van der Waals surface area contributed by atoms with Crippen molar-refractivity contribution in [2.75, 3.05) is 11.4 Å². The molecule has 2 rings (SSSR count). The van der Waals surface area contributed by atoms with E-state index in [1.54, 1.807) is 6.20 Å². The number of rotatable bonds is 2. The van der Waals surface area contributed by atoms with Gasteiger partial charge in [0.25, 0.3) is 0 Å². The zero-order valence-corrected chi connectivity index (χ0v) is 8.01. The maximum atomic E-state index is 11.8. The van der Waals surface area contributed by atoms with E-state index in [-0.39, 0.29) is 5.91 Å². The summed E-state index contributed by atoms with van der Waals surface area (Å²) in [5.41, 5.74) is 0.631. The maximum absolute atomic E-state index is 11.8. The van der Waals surface area contributed by atoms with Crippen LogP contribution < -0.4 is 4.90 Å². The van der Waals surface area contributed by atoms with Crippen molar-refractivity contribution in [2.24, 2.45) is 5.92 Å². The van der Waals surface area contributed by atoms with E-state index in [4.69, 9.17) is 5.11 Å². The molecule has 1 aromatic heterocycles. The van der Waals surface area contributed by atoms with E-state index < -0.39 is 11.9 Å². The number of carboxylic acid groups (broad SMARTS) is 1. The molecule has 1 atom stereocenters. The monoisotopic (exact) mass is 209 g/mol. The van der Waals surface area contributed by atoms with Gasteiger partial charge in [0.05, 0.1) is 11.9 Å². The summed E-state index contributed by atoms with van der Waals surface area (Å²) < 4.78 is 0. The van der Waals surface area contributed by atoms with Crippen LogP contribution in [-0.4, -0.2) is 33.7 Å². The summed E-state index contributed by atoms with van der Waals surface area (Å²) >= 11 is 0. The van der Waals surface area contributed by atoms with Crippen molar-refractivity contribution in [3.63, 3.8) is 0 Å². The molecule has 0 saturated carbocycles. The SMILES string of the molecule is O=C(O)C1CCCN(c2cn[nH]c2)C1=O. The van der Waals surface area contributed by atoms with Crippen LogP contribution in [0.3, 0.4) is 0 Å². The first-order valence-electron chi connectivity index (χ1n) is 4.73. The Hall–Kier alpha value is -1.85. The van der Waals surface area contributed by atoms with Crippen LogP contribution in [0.5, 0.6) is 0 Å². The molecule has 2 N–H and O–H groups in total. The van der Waals surface area contributed by atoms with Crippen molar-refractivity contribution >= 4 is 17.6 Å². The van der Waals surface area contributed by atoms with Gasteiger partial charge in [-0.15, -0.1) is 0 Å². The fraction of sp³-hybridized carbons (Fsp3) is 0.444. The number of aromatic amines is 1. The number of aromatic nitrogens is 2.